The summed E-state index contributed by atoms with van der Waals surface area (Å²) in [7, 11) is 0. The lowest BCUT2D eigenvalue weighted by Crippen LogP contribution is -2.47. The van der Waals surface area contributed by atoms with Crippen LogP contribution in [0.15, 0.2) is 72.8 Å². The Labute approximate surface area is 233 Å². The van der Waals surface area contributed by atoms with Gasteiger partial charge in [0.05, 0.1) is 0 Å². The maximum absolute atomic E-state index is 13.6. The molecule has 5 rings (SSSR count). The van der Waals surface area contributed by atoms with Crippen LogP contribution in [0.5, 0.6) is 0 Å². The second kappa shape index (κ2) is 11.9. The van der Waals surface area contributed by atoms with Crippen LogP contribution in [0.4, 0.5) is 24.5 Å². The number of nitrogens with one attached hydrogen (secondary N) is 1. The summed E-state index contributed by atoms with van der Waals surface area (Å²) in [6.45, 7) is 3.28. The van der Waals surface area contributed by atoms with E-state index in [4.69, 9.17) is 5.73 Å². The van der Waals surface area contributed by atoms with Crippen molar-refractivity contribution in [3.05, 3.63) is 83.9 Å². The first-order valence-electron chi connectivity index (χ1n) is 13.2. The second-order valence-electron chi connectivity index (χ2n) is 10.2. The summed E-state index contributed by atoms with van der Waals surface area (Å²) >= 11 is 0. The van der Waals surface area contributed by atoms with Gasteiger partial charge in [0.2, 0.25) is 5.91 Å². The molecule has 2 aliphatic rings. The number of rotatable bonds is 8. The number of fused-ring (bicyclic) bond motifs is 3. The van der Waals surface area contributed by atoms with E-state index in [9.17, 15) is 18.0 Å². The summed E-state index contributed by atoms with van der Waals surface area (Å²) < 4.78 is 39.2. The fourth-order valence-corrected chi connectivity index (χ4v) is 5.92. The largest absolute Gasteiger partial charge is 0.405 e. The van der Waals surface area contributed by atoms with E-state index < -0.39 is 24.0 Å². The lowest BCUT2D eigenvalue weighted by molar-refractivity contribution is -0.141. The summed E-state index contributed by atoms with van der Waals surface area (Å²) in [5.41, 5.74) is 10.0. The summed E-state index contributed by atoms with van der Waals surface area (Å²) in [4.78, 5) is 18.4. The number of halogens is 4. The Hall–Kier alpha value is -3.23. The summed E-state index contributed by atoms with van der Waals surface area (Å²) in [5.74, 6) is -0.579. The van der Waals surface area contributed by atoms with Gasteiger partial charge < -0.3 is 16.0 Å². The summed E-state index contributed by atoms with van der Waals surface area (Å²) in [6.07, 6.45) is -2.43. The van der Waals surface area contributed by atoms with Crippen molar-refractivity contribution in [2.24, 2.45) is 0 Å². The second-order valence-corrected chi connectivity index (χ2v) is 10.2. The number of hydrogen-bond acceptors (Lipinski definition) is 4. The van der Waals surface area contributed by atoms with Crippen molar-refractivity contribution in [2.75, 3.05) is 49.9 Å². The van der Waals surface area contributed by atoms with E-state index in [1.807, 2.05) is 72.8 Å². The lowest BCUT2D eigenvalue weighted by atomic mass is 9.73. The molecule has 0 atom stereocenters. The Kier molecular flexibility index (Phi) is 8.76. The van der Waals surface area contributed by atoms with Crippen LogP contribution in [0.2, 0.25) is 0 Å². The number of nitrogens with zero attached hydrogens (tertiary/aromatic N) is 2. The van der Waals surface area contributed by atoms with Crippen molar-refractivity contribution in [1.82, 2.24) is 10.2 Å². The molecule has 208 valence electrons. The Morgan fingerprint density at radius 1 is 0.846 bits per heavy atom. The molecule has 0 unspecified atom stereocenters. The number of nitrogens with two attached hydrogens (primary N) is 1. The van der Waals surface area contributed by atoms with Crippen LogP contribution < -0.4 is 16.0 Å². The van der Waals surface area contributed by atoms with Crippen LogP contribution in [-0.2, 0) is 10.2 Å². The zero-order valence-corrected chi connectivity index (χ0v) is 22.5. The first-order chi connectivity index (χ1) is 18.3. The molecule has 0 bridgehead atoms. The number of unbranched alkanes of at least 4 members (excludes halogenated alkanes) is 1. The molecule has 1 saturated heterocycles. The smallest absolute Gasteiger partial charge is 0.399 e. The topological polar surface area (TPSA) is 61.6 Å². The van der Waals surface area contributed by atoms with E-state index in [1.54, 1.807) is 0 Å². The van der Waals surface area contributed by atoms with Gasteiger partial charge in [-0.2, -0.15) is 13.2 Å². The van der Waals surface area contributed by atoms with Crippen molar-refractivity contribution in [1.29, 1.82) is 0 Å². The molecule has 3 N–H and O–H groups in total. The van der Waals surface area contributed by atoms with Gasteiger partial charge in [-0.05, 0) is 65.9 Å². The number of carbonyl (C=O) groups excluding carboxylic acids is 1. The average molecular weight is 559 g/mol. The normalized spacial score (nSPS) is 16.2. The van der Waals surface area contributed by atoms with Crippen LogP contribution in [0.25, 0.3) is 11.1 Å². The predicted octanol–water partition coefficient (Wildman–Crippen LogP) is 5.63. The van der Waals surface area contributed by atoms with Crippen LogP contribution >= 0.6 is 12.4 Å². The maximum atomic E-state index is 13.6. The average Bonchev–Trinajstić information content (AvgIpc) is 3.21. The minimum absolute atomic E-state index is 0. The van der Waals surface area contributed by atoms with Crippen molar-refractivity contribution >= 4 is 29.7 Å². The minimum atomic E-state index is -4.47. The summed E-state index contributed by atoms with van der Waals surface area (Å²) in [5, 5.41) is 2.21. The van der Waals surface area contributed by atoms with Crippen LogP contribution in [0.3, 0.4) is 0 Å². The van der Waals surface area contributed by atoms with E-state index >= 15 is 0 Å². The van der Waals surface area contributed by atoms with Crippen LogP contribution in [0, 0.1) is 0 Å². The Balaban J connectivity index is 0.00000353. The third-order valence-electron chi connectivity index (χ3n) is 7.81. The van der Waals surface area contributed by atoms with Gasteiger partial charge in [0.1, 0.15) is 12.0 Å². The van der Waals surface area contributed by atoms with Crippen molar-refractivity contribution in [3.8, 4) is 11.1 Å². The minimum Gasteiger partial charge on any atom is -0.399 e. The molecule has 1 amide bonds. The molecule has 0 saturated carbocycles. The Morgan fingerprint density at radius 2 is 1.41 bits per heavy atom. The van der Waals surface area contributed by atoms with Gasteiger partial charge in [0.25, 0.3) is 0 Å². The van der Waals surface area contributed by atoms with Gasteiger partial charge in [-0.3, -0.25) is 9.69 Å². The first kappa shape index (κ1) is 28.8. The number of alkyl halides is 3. The lowest BCUT2D eigenvalue weighted by Gasteiger charge is -2.36. The van der Waals surface area contributed by atoms with Crippen molar-refractivity contribution in [2.45, 2.75) is 30.9 Å². The number of hydrogen-bond donors (Lipinski definition) is 2. The number of benzene rings is 3. The monoisotopic (exact) mass is 558 g/mol. The fraction of sp³-hybridized carbons (Fsp3) is 0.367. The zero-order valence-electron chi connectivity index (χ0n) is 21.7. The highest BCUT2D eigenvalue weighted by atomic mass is 35.5. The molecular weight excluding hydrogens is 525 g/mol. The highest BCUT2D eigenvalue weighted by Gasteiger charge is 2.49. The molecule has 3 aromatic rings. The van der Waals surface area contributed by atoms with Crippen molar-refractivity contribution < 1.29 is 18.0 Å². The predicted molar refractivity (Wildman–Crippen MR) is 152 cm³/mol. The van der Waals surface area contributed by atoms with Gasteiger partial charge in [-0.25, -0.2) is 0 Å². The molecule has 0 spiro atoms. The standard InChI is InChI=1S/C30H33F3N4O.ClH/c31-30(32,33)21-35-28(38)29(26-9-3-1-7-24(26)25-8-2-4-10-27(25)29)15-5-6-16-36-17-19-37(20-18-36)23-13-11-22(34)12-14-23;/h1-4,7-14H,5-6,15-21,34H2,(H,35,38);1H. The molecule has 3 aromatic carbocycles. The van der Waals surface area contributed by atoms with E-state index in [-0.39, 0.29) is 12.4 Å². The molecule has 0 aromatic heterocycles. The van der Waals surface area contributed by atoms with E-state index in [0.717, 1.165) is 73.5 Å². The van der Waals surface area contributed by atoms with Gasteiger partial charge in [0, 0.05) is 37.6 Å². The van der Waals surface area contributed by atoms with Crippen LogP contribution in [-0.4, -0.2) is 56.3 Å². The quantitative estimate of drug-likeness (QED) is 0.278. The zero-order chi connectivity index (χ0) is 26.8. The van der Waals surface area contributed by atoms with Crippen molar-refractivity contribution in [3.63, 3.8) is 0 Å². The number of nitrogen functional groups attached to an aromatic ring is 1. The number of piperazine rings is 1. The van der Waals surface area contributed by atoms with Gasteiger partial charge in [0.15, 0.2) is 0 Å². The molecule has 5 nitrogen and oxygen atoms in total. The molecular formula is C30H34ClF3N4O. The Morgan fingerprint density at radius 3 is 1.97 bits per heavy atom. The SMILES string of the molecule is Cl.Nc1ccc(N2CCN(CCCCC3(C(=O)NCC(F)(F)F)c4ccccc4-c4ccccc43)CC2)cc1. The molecule has 39 heavy (non-hydrogen) atoms. The molecule has 9 heteroatoms. The van der Waals surface area contributed by atoms with E-state index in [1.165, 1.54) is 5.69 Å². The molecule has 1 aliphatic heterocycles. The van der Waals surface area contributed by atoms with Gasteiger partial charge in [-0.1, -0.05) is 55.0 Å². The fourth-order valence-electron chi connectivity index (χ4n) is 5.92. The molecule has 1 fully saturated rings. The molecule has 1 aliphatic carbocycles. The maximum Gasteiger partial charge on any atom is 0.405 e. The third kappa shape index (κ3) is 6.02. The third-order valence-corrected chi connectivity index (χ3v) is 7.81. The number of amides is 1. The number of carbonyl (C=O) groups is 1. The molecule has 1 heterocycles. The Bertz CT molecular complexity index is 1230. The number of anilines is 2. The van der Waals surface area contributed by atoms with E-state index in [0.29, 0.717) is 6.42 Å². The highest BCUT2D eigenvalue weighted by Crippen LogP contribution is 2.51. The summed E-state index contributed by atoms with van der Waals surface area (Å²) in [6, 6.07) is 23.1. The molecule has 0 radical (unpaired) electrons. The highest BCUT2D eigenvalue weighted by molar-refractivity contribution is 6.00. The van der Waals surface area contributed by atoms with Gasteiger partial charge in [-0.15, -0.1) is 12.4 Å². The van der Waals surface area contributed by atoms with E-state index in [2.05, 4.69) is 15.1 Å². The van der Waals surface area contributed by atoms with Crippen LogP contribution in [0.1, 0.15) is 30.4 Å². The first-order valence-corrected chi connectivity index (χ1v) is 13.2. The van der Waals surface area contributed by atoms with Gasteiger partial charge >= 0.3 is 6.18 Å².